The molecule has 0 saturated carbocycles. The summed E-state index contributed by atoms with van der Waals surface area (Å²) in [5.41, 5.74) is 4.72. The van der Waals surface area contributed by atoms with Crippen LogP contribution in [0.25, 0.3) is 11.1 Å². The van der Waals surface area contributed by atoms with E-state index < -0.39 is 11.7 Å². The van der Waals surface area contributed by atoms with E-state index in [1.807, 2.05) is 60.7 Å². The van der Waals surface area contributed by atoms with Crippen LogP contribution in [0.5, 0.6) is 0 Å². The van der Waals surface area contributed by atoms with Gasteiger partial charge in [-0.05, 0) is 59.8 Å². The van der Waals surface area contributed by atoms with Crippen LogP contribution in [0.1, 0.15) is 15.9 Å². The first-order chi connectivity index (χ1) is 12.1. The maximum absolute atomic E-state index is 14.4. The Morgan fingerprint density at radius 1 is 0.920 bits per heavy atom. The maximum atomic E-state index is 14.4. The molecule has 0 fully saturated rings. The lowest BCUT2D eigenvalue weighted by atomic mass is 9.99. The first-order valence-electron chi connectivity index (χ1n) is 7.78. The molecule has 0 aromatic heterocycles. The minimum atomic E-state index is -0.512. The van der Waals surface area contributed by atoms with Gasteiger partial charge in [-0.15, -0.1) is 0 Å². The van der Waals surface area contributed by atoms with E-state index in [-0.39, 0.29) is 5.56 Å². The van der Waals surface area contributed by atoms with Gasteiger partial charge in [-0.3, -0.25) is 10.2 Å². The van der Waals surface area contributed by atoms with E-state index >= 15 is 0 Å². The van der Waals surface area contributed by atoms with Crippen molar-refractivity contribution in [1.29, 1.82) is 0 Å². The van der Waals surface area contributed by atoms with E-state index in [4.69, 9.17) is 0 Å². The minimum absolute atomic E-state index is 0.0139. The number of carbonyl (C=O) groups is 1. The number of rotatable bonds is 5. The first-order valence-corrected chi connectivity index (χ1v) is 8.59. The summed E-state index contributed by atoms with van der Waals surface area (Å²) in [5, 5.41) is 0. The Balaban J connectivity index is 1.76. The lowest BCUT2D eigenvalue weighted by Gasteiger charge is -2.11. The van der Waals surface area contributed by atoms with Crippen molar-refractivity contribution in [2.24, 2.45) is 0 Å². The van der Waals surface area contributed by atoms with Crippen LogP contribution in [0.2, 0.25) is 0 Å². The van der Waals surface area contributed by atoms with Crippen molar-refractivity contribution in [3.05, 3.63) is 89.7 Å². The molecule has 2 N–H and O–H groups in total. The molecule has 0 unspecified atom stereocenters. The Kier molecular flexibility index (Phi) is 5.48. The largest absolute Gasteiger partial charge is 0.277 e. The zero-order valence-corrected chi connectivity index (χ0v) is 14.4. The Bertz CT molecular complexity index is 870. The number of hydrogen-bond acceptors (Lipinski definition) is 3. The van der Waals surface area contributed by atoms with Crippen molar-refractivity contribution in [3.8, 4) is 11.1 Å². The summed E-state index contributed by atoms with van der Waals surface area (Å²) in [6.07, 6.45) is 0. The van der Waals surface area contributed by atoms with Crippen molar-refractivity contribution in [1.82, 2.24) is 10.3 Å². The van der Waals surface area contributed by atoms with Crippen molar-refractivity contribution < 1.29 is 9.18 Å². The SMILES string of the molecule is Cc1cc(-c2ccccc2)cc(C(=O)NNSc2ccccc2)c1F. The molecule has 0 aliphatic rings. The summed E-state index contributed by atoms with van der Waals surface area (Å²) in [6, 6.07) is 22.4. The fourth-order valence-corrected chi connectivity index (χ4v) is 2.97. The number of amides is 1. The molecule has 5 heteroatoms. The fourth-order valence-electron chi connectivity index (χ4n) is 2.42. The summed E-state index contributed by atoms with van der Waals surface area (Å²) in [6.45, 7) is 1.66. The summed E-state index contributed by atoms with van der Waals surface area (Å²) in [7, 11) is 0. The third-order valence-electron chi connectivity index (χ3n) is 3.68. The van der Waals surface area contributed by atoms with Crippen molar-refractivity contribution in [2.75, 3.05) is 0 Å². The Hall–Kier alpha value is -2.63. The molecule has 0 spiro atoms. The molecule has 3 aromatic rings. The number of benzene rings is 3. The van der Waals surface area contributed by atoms with Crippen LogP contribution in [0.4, 0.5) is 4.39 Å². The highest BCUT2D eigenvalue weighted by Gasteiger charge is 2.15. The molecule has 0 atom stereocenters. The van der Waals surface area contributed by atoms with Gasteiger partial charge in [0.15, 0.2) is 0 Å². The number of nitrogens with one attached hydrogen (secondary N) is 2. The monoisotopic (exact) mass is 352 g/mol. The van der Waals surface area contributed by atoms with Gasteiger partial charge in [0.05, 0.1) is 5.56 Å². The predicted octanol–water partition coefficient (Wildman–Crippen LogP) is 4.74. The van der Waals surface area contributed by atoms with Gasteiger partial charge in [0, 0.05) is 4.90 Å². The third kappa shape index (κ3) is 4.26. The standard InChI is InChI=1S/C20H17FN2OS/c1-14-12-16(15-8-4-2-5-9-15)13-18(19(14)21)20(24)22-23-25-17-10-6-3-7-11-17/h2-13,23H,1H3,(H,22,24). The molecule has 0 aliphatic heterocycles. The van der Waals surface area contributed by atoms with Crippen LogP contribution in [-0.2, 0) is 0 Å². The average molecular weight is 352 g/mol. The van der Waals surface area contributed by atoms with E-state index in [2.05, 4.69) is 10.3 Å². The van der Waals surface area contributed by atoms with Gasteiger partial charge < -0.3 is 0 Å². The van der Waals surface area contributed by atoms with Gasteiger partial charge in [-0.2, -0.15) is 4.83 Å². The second kappa shape index (κ2) is 7.96. The van der Waals surface area contributed by atoms with E-state index in [9.17, 15) is 9.18 Å². The van der Waals surface area contributed by atoms with Crippen LogP contribution < -0.4 is 10.3 Å². The Morgan fingerprint density at radius 3 is 2.24 bits per heavy atom. The number of aryl methyl sites for hydroxylation is 1. The van der Waals surface area contributed by atoms with Crippen LogP contribution in [0.15, 0.2) is 77.7 Å². The molecule has 3 nitrogen and oxygen atoms in total. The molecule has 3 aromatic carbocycles. The van der Waals surface area contributed by atoms with Crippen molar-refractivity contribution >= 4 is 17.9 Å². The molecule has 0 aliphatic carbocycles. The van der Waals surface area contributed by atoms with Gasteiger partial charge in [0.2, 0.25) is 0 Å². The first kappa shape index (κ1) is 17.2. The van der Waals surface area contributed by atoms with Crippen molar-refractivity contribution in [2.45, 2.75) is 11.8 Å². The van der Waals surface area contributed by atoms with E-state index in [1.54, 1.807) is 19.1 Å². The zero-order valence-electron chi connectivity index (χ0n) is 13.6. The maximum Gasteiger partial charge on any atom is 0.269 e. The molecule has 0 saturated heterocycles. The van der Waals surface area contributed by atoms with Gasteiger partial charge >= 0.3 is 0 Å². The molecular weight excluding hydrogens is 335 g/mol. The fraction of sp³-hybridized carbons (Fsp3) is 0.0500. The molecular formula is C20H17FN2OS. The predicted molar refractivity (Wildman–Crippen MR) is 99.5 cm³/mol. The lowest BCUT2D eigenvalue weighted by Crippen LogP contribution is -2.33. The summed E-state index contributed by atoms with van der Waals surface area (Å²) in [5.74, 6) is -1.02. The zero-order chi connectivity index (χ0) is 17.6. The van der Waals surface area contributed by atoms with Crippen LogP contribution >= 0.6 is 11.9 Å². The molecule has 0 bridgehead atoms. The Morgan fingerprint density at radius 2 is 1.56 bits per heavy atom. The summed E-state index contributed by atoms with van der Waals surface area (Å²) >= 11 is 1.25. The highest BCUT2D eigenvalue weighted by Crippen LogP contribution is 2.24. The smallest absolute Gasteiger partial charge is 0.269 e. The second-order valence-corrected chi connectivity index (χ2v) is 6.37. The highest BCUT2D eigenvalue weighted by molar-refractivity contribution is 7.97. The minimum Gasteiger partial charge on any atom is -0.277 e. The van der Waals surface area contributed by atoms with E-state index in [1.165, 1.54) is 11.9 Å². The molecule has 126 valence electrons. The van der Waals surface area contributed by atoms with Crippen LogP contribution in [-0.4, -0.2) is 5.91 Å². The molecule has 25 heavy (non-hydrogen) atoms. The number of carbonyl (C=O) groups excluding carboxylic acids is 1. The Labute approximate surface area is 150 Å². The van der Waals surface area contributed by atoms with Gasteiger partial charge in [0.25, 0.3) is 5.91 Å². The van der Waals surface area contributed by atoms with E-state index in [0.29, 0.717) is 5.56 Å². The average Bonchev–Trinajstić information content (AvgIpc) is 2.65. The van der Waals surface area contributed by atoms with Crippen molar-refractivity contribution in [3.63, 3.8) is 0 Å². The number of halogens is 1. The topological polar surface area (TPSA) is 41.1 Å². The van der Waals surface area contributed by atoms with Gasteiger partial charge in [-0.25, -0.2) is 4.39 Å². The molecule has 0 heterocycles. The number of hydrogen-bond donors (Lipinski definition) is 2. The third-order valence-corrected chi connectivity index (χ3v) is 4.39. The number of hydrazine groups is 1. The second-order valence-electron chi connectivity index (χ2n) is 5.49. The molecule has 1 amide bonds. The normalized spacial score (nSPS) is 10.5. The van der Waals surface area contributed by atoms with Crippen LogP contribution in [0, 0.1) is 12.7 Å². The van der Waals surface area contributed by atoms with Crippen LogP contribution in [0.3, 0.4) is 0 Å². The lowest BCUT2D eigenvalue weighted by molar-refractivity contribution is 0.0943. The molecule has 3 rings (SSSR count). The highest BCUT2D eigenvalue weighted by atomic mass is 32.2. The van der Waals surface area contributed by atoms with Gasteiger partial charge in [-0.1, -0.05) is 48.5 Å². The van der Waals surface area contributed by atoms with E-state index in [0.717, 1.165) is 16.0 Å². The van der Waals surface area contributed by atoms with Gasteiger partial charge in [0.1, 0.15) is 5.82 Å². The molecule has 0 radical (unpaired) electrons. The quantitative estimate of drug-likeness (QED) is 0.515. The summed E-state index contributed by atoms with van der Waals surface area (Å²) < 4.78 is 14.4. The summed E-state index contributed by atoms with van der Waals surface area (Å²) in [4.78, 5) is 16.1.